The van der Waals surface area contributed by atoms with E-state index in [0.717, 1.165) is 0 Å². The summed E-state index contributed by atoms with van der Waals surface area (Å²) < 4.78 is 4.56. The molecular formula is C8H13NO4. The minimum absolute atomic E-state index is 0.231. The first-order valence-corrected chi connectivity index (χ1v) is 3.99. The Morgan fingerprint density at radius 3 is 2.38 bits per heavy atom. The van der Waals surface area contributed by atoms with Crippen LogP contribution in [0.3, 0.4) is 0 Å². The van der Waals surface area contributed by atoms with Crippen molar-refractivity contribution in [2.45, 2.75) is 19.4 Å². The SMILES string of the molecule is COC(=O)C1CN(C(=O)O)C1(C)C. The number of esters is 1. The molecule has 1 N–H and O–H groups in total. The second kappa shape index (κ2) is 2.90. The summed E-state index contributed by atoms with van der Waals surface area (Å²) in [6.45, 7) is 3.66. The van der Waals surface area contributed by atoms with Crippen LogP contribution >= 0.6 is 0 Å². The van der Waals surface area contributed by atoms with E-state index in [0.29, 0.717) is 0 Å². The number of methoxy groups -OCH3 is 1. The van der Waals surface area contributed by atoms with Crippen molar-refractivity contribution in [1.29, 1.82) is 0 Å². The Kier molecular flexibility index (Phi) is 2.19. The maximum Gasteiger partial charge on any atom is 0.407 e. The average molecular weight is 187 g/mol. The number of carbonyl (C=O) groups is 2. The summed E-state index contributed by atoms with van der Waals surface area (Å²) in [4.78, 5) is 23.0. The summed E-state index contributed by atoms with van der Waals surface area (Å²) in [5.41, 5.74) is -0.640. The predicted octanol–water partition coefficient (Wildman–Crippen LogP) is 0.548. The van der Waals surface area contributed by atoms with Gasteiger partial charge in [0.25, 0.3) is 0 Å². The van der Waals surface area contributed by atoms with Crippen molar-refractivity contribution >= 4 is 12.1 Å². The number of carboxylic acid groups (broad SMARTS) is 1. The Bertz CT molecular complexity index is 249. The number of rotatable bonds is 1. The van der Waals surface area contributed by atoms with Gasteiger partial charge in [0.1, 0.15) is 0 Å². The Labute approximate surface area is 76.3 Å². The fourth-order valence-corrected chi connectivity index (χ4v) is 1.55. The third-order valence-electron chi connectivity index (χ3n) is 2.63. The van der Waals surface area contributed by atoms with Crippen LogP contribution in [0.5, 0.6) is 0 Å². The lowest BCUT2D eigenvalue weighted by molar-refractivity contribution is -0.160. The fraction of sp³-hybridized carbons (Fsp3) is 0.750. The third kappa shape index (κ3) is 1.34. The van der Waals surface area contributed by atoms with E-state index in [1.807, 2.05) is 0 Å². The van der Waals surface area contributed by atoms with Crippen LogP contribution in [0.1, 0.15) is 13.8 Å². The van der Waals surface area contributed by atoms with Gasteiger partial charge in [-0.2, -0.15) is 0 Å². The van der Waals surface area contributed by atoms with Crippen LogP contribution in [0, 0.1) is 5.92 Å². The molecule has 1 aliphatic rings. The van der Waals surface area contributed by atoms with E-state index in [1.165, 1.54) is 12.0 Å². The molecule has 0 aromatic heterocycles. The Morgan fingerprint density at radius 2 is 2.08 bits per heavy atom. The predicted molar refractivity (Wildman–Crippen MR) is 44.3 cm³/mol. The molecule has 5 heteroatoms. The van der Waals surface area contributed by atoms with E-state index >= 15 is 0 Å². The molecule has 1 saturated heterocycles. The largest absolute Gasteiger partial charge is 0.469 e. The molecule has 0 aliphatic carbocycles. The first-order valence-electron chi connectivity index (χ1n) is 3.99. The molecule has 1 atom stereocenters. The molecule has 0 aromatic carbocycles. The Hall–Kier alpha value is -1.26. The molecular weight excluding hydrogens is 174 g/mol. The minimum Gasteiger partial charge on any atom is -0.469 e. The zero-order valence-electron chi connectivity index (χ0n) is 7.90. The van der Waals surface area contributed by atoms with Gasteiger partial charge in [0, 0.05) is 6.54 Å². The van der Waals surface area contributed by atoms with Crippen molar-refractivity contribution < 1.29 is 19.4 Å². The molecule has 0 aromatic rings. The number of amides is 1. The van der Waals surface area contributed by atoms with E-state index < -0.39 is 11.6 Å². The van der Waals surface area contributed by atoms with Crippen LogP contribution in [0.25, 0.3) is 0 Å². The van der Waals surface area contributed by atoms with Crippen LogP contribution in [0.4, 0.5) is 4.79 Å². The van der Waals surface area contributed by atoms with Crippen LogP contribution in [0.15, 0.2) is 0 Å². The molecule has 5 nitrogen and oxygen atoms in total. The highest BCUT2D eigenvalue weighted by Crippen LogP contribution is 2.36. The Morgan fingerprint density at radius 1 is 1.54 bits per heavy atom. The highest BCUT2D eigenvalue weighted by atomic mass is 16.5. The van der Waals surface area contributed by atoms with Gasteiger partial charge >= 0.3 is 12.1 Å². The molecule has 74 valence electrons. The van der Waals surface area contributed by atoms with Gasteiger partial charge in [0.2, 0.25) is 0 Å². The van der Waals surface area contributed by atoms with Crippen molar-refractivity contribution in [2.24, 2.45) is 5.92 Å². The molecule has 0 saturated carbocycles. The monoisotopic (exact) mass is 187 g/mol. The first kappa shape index (κ1) is 9.83. The first-order chi connectivity index (χ1) is 5.91. The molecule has 0 bridgehead atoms. The summed E-state index contributed by atoms with van der Waals surface area (Å²) >= 11 is 0. The normalized spacial score (nSPS) is 24.8. The van der Waals surface area contributed by atoms with Crippen molar-refractivity contribution in [3.8, 4) is 0 Å². The van der Waals surface area contributed by atoms with Gasteiger partial charge in [-0.15, -0.1) is 0 Å². The molecule has 13 heavy (non-hydrogen) atoms. The van der Waals surface area contributed by atoms with Crippen molar-refractivity contribution in [1.82, 2.24) is 4.90 Å². The Balaban J connectivity index is 2.69. The van der Waals surface area contributed by atoms with Crippen LogP contribution < -0.4 is 0 Å². The summed E-state index contributed by atoms with van der Waals surface area (Å²) in [7, 11) is 1.31. The molecule has 1 heterocycles. The zero-order valence-corrected chi connectivity index (χ0v) is 7.90. The zero-order chi connectivity index (χ0) is 10.2. The second-order valence-corrected chi connectivity index (χ2v) is 3.62. The minimum atomic E-state index is -0.995. The molecule has 0 spiro atoms. The molecule has 1 rings (SSSR count). The van der Waals surface area contributed by atoms with E-state index in [9.17, 15) is 9.59 Å². The van der Waals surface area contributed by atoms with Gasteiger partial charge in [-0.05, 0) is 13.8 Å². The van der Waals surface area contributed by atoms with Crippen LogP contribution in [0.2, 0.25) is 0 Å². The fourth-order valence-electron chi connectivity index (χ4n) is 1.55. The quantitative estimate of drug-likeness (QED) is 0.608. The highest BCUT2D eigenvalue weighted by molar-refractivity contribution is 5.79. The van der Waals surface area contributed by atoms with Gasteiger partial charge in [-0.3, -0.25) is 4.79 Å². The number of hydrogen-bond acceptors (Lipinski definition) is 3. The average Bonchev–Trinajstić information content (AvgIpc) is 2.01. The van der Waals surface area contributed by atoms with Crippen molar-refractivity contribution in [3.63, 3.8) is 0 Å². The standard InChI is InChI=1S/C8H13NO4/c1-8(2)5(6(10)13-3)4-9(8)7(11)12/h5H,4H2,1-3H3,(H,11,12). The van der Waals surface area contributed by atoms with Gasteiger partial charge in [0.05, 0.1) is 18.6 Å². The van der Waals surface area contributed by atoms with Crippen LogP contribution in [-0.2, 0) is 9.53 Å². The van der Waals surface area contributed by atoms with Gasteiger partial charge in [-0.1, -0.05) is 0 Å². The number of ether oxygens (including phenoxy) is 1. The summed E-state index contributed by atoms with van der Waals surface area (Å²) in [6.07, 6.45) is -0.995. The van der Waals surface area contributed by atoms with Gasteiger partial charge in [-0.25, -0.2) is 4.79 Å². The summed E-state index contributed by atoms with van der Waals surface area (Å²) in [5, 5.41) is 8.71. The number of hydrogen-bond donors (Lipinski definition) is 1. The maximum atomic E-state index is 11.1. The second-order valence-electron chi connectivity index (χ2n) is 3.62. The number of nitrogens with zero attached hydrogens (tertiary/aromatic N) is 1. The summed E-state index contributed by atoms with van der Waals surface area (Å²) in [5.74, 6) is -0.684. The maximum absolute atomic E-state index is 11.1. The lowest BCUT2D eigenvalue weighted by Crippen LogP contribution is -2.67. The van der Waals surface area contributed by atoms with Gasteiger partial charge < -0.3 is 14.7 Å². The van der Waals surface area contributed by atoms with Gasteiger partial charge in [0.15, 0.2) is 0 Å². The highest BCUT2D eigenvalue weighted by Gasteiger charge is 2.53. The topological polar surface area (TPSA) is 66.8 Å². The van der Waals surface area contributed by atoms with E-state index in [2.05, 4.69) is 4.74 Å². The van der Waals surface area contributed by atoms with Crippen molar-refractivity contribution in [2.75, 3.05) is 13.7 Å². The molecule has 1 unspecified atom stereocenters. The van der Waals surface area contributed by atoms with Crippen molar-refractivity contribution in [3.05, 3.63) is 0 Å². The molecule has 1 fully saturated rings. The van der Waals surface area contributed by atoms with E-state index in [4.69, 9.17) is 5.11 Å². The lowest BCUT2D eigenvalue weighted by Gasteiger charge is -2.51. The number of likely N-dealkylation sites (tertiary alicyclic amines) is 1. The lowest BCUT2D eigenvalue weighted by atomic mass is 9.77. The third-order valence-corrected chi connectivity index (χ3v) is 2.63. The number of carbonyl (C=O) groups excluding carboxylic acids is 1. The van der Waals surface area contributed by atoms with E-state index in [1.54, 1.807) is 13.8 Å². The molecule has 1 amide bonds. The smallest absolute Gasteiger partial charge is 0.407 e. The van der Waals surface area contributed by atoms with Crippen LogP contribution in [-0.4, -0.2) is 41.3 Å². The molecule has 1 aliphatic heterocycles. The van der Waals surface area contributed by atoms with E-state index in [-0.39, 0.29) is 18.4 Å². The summed E-state index contributed by atoms with van der Waals surface area (Å²) in [6, 6.07) is 0. The molecule has 0 radical (unpaired) electrons.